The van der Waals surface area contributed by atoms with Gasteiger partial charge >= 0.3 is 0 Å². The van der Waals surface area contributed by atoms with E-state index in [-0.39, 0.29) is 11.1 Å². The summed E-state index contributed by atoms with van der Waals surface area (Å²) in [5, 5.41) is 6.43. The number of amides is 2. The quantitative estimate of drug-likeness (QED) is 0.855. The van der Waals surface area contributed by atoms with Crippen LogP contribution in [0.5, 0.6) is 0 Å². The molecule has 0 radical (unpaired) electrons. The van der Waals surface area contributed by atoms with Crippen molar-refractivity contribution in [3.8, 4) is 0 Å². The molecule has 1 atom stereocenters. The Hall–Kier alpha value is -2.96. The van der Waals surface area contributed by atoms with E-state index in [1.54, 1.807) is 18.2 Å². The van der Waals surface area contributed by atoms with Gasteiger partial charge in [-0.25, -0.2) is 4.68 Å². The molecular weight excluding hydrogens is 272 g/mol. The molecule has 2 aromatic rings. The topological polar surface area (TPSA) is 107 Å². The van der Waals surface area contributed by atoms with Crippen LogP contribution in [0.25, 0.3) is 0 Å². The van der Waals surface area contributed by atoms with Crippen molar-refractivity contribution in [1.29, 1.82) is 0 Å². The Bertz CT molecular complexity index is 739. The summed E-state index contributed by atoms with van der Waals surface area (Å²) in [6, 6.07) is 8.36. The van der Waals surface area contributed by atoms with E-state index in [1.807, 2.05) is 0 Å². The predicted molar refractivity (Wildman–Crippen MR) is 76.8 cm³/mol. The van der Waals surface area contributed by atoms with Crippen LogP contribution in [0.2, 0.25) is 0 Å². The number of nitrogens with two attached hydrogens (primary N) is 1. The molecule has 1 heterocycles. The molecule has 0 saturated heterocycles. The average molecular weight is 286 g/mol. The number of rotatable bonds is 4. The zero-order valence-electron chi connectivity index (χ0n) is 11.3. The Balaban J connectivity index is 2.25. The number of aromatic nitrogens is 2. The van der Waals surface area contributed by atoms with Gasteiger partial charge in [-0.3, -0.25) is 14.4 Å². The maximum absolute atomic E-state index is 12.2. The van der Waals surface area contributed by atoms with Gasteiger partial charge in [-0.2, -0.15) is 5.10 Å². The second-order valence-corrected chi connectivity index (χ2v) is 4.38. The maximum atomic E-state index is 12.2. The first kappa shape index (κ1) is 14.4. The minimum atomic E-state index is -0.820. The highest BCUT2D eigenvalue weighted by Crippen LogP contribution is 2.16. The number of hydrogen-bond acceptors (Lipinski definition) is 4. The van der Waals surface area contributed by atoms with Crippen LogP contribution in [0.3, 0.4) is 0 Å². The molecule has 7 heteroatoms. The standard InChI is InChI=1S/C14H14N4O3/c1-9(18-12(19)7-4-8-16-18)14(21)17-11-6-3-2-5-10(11)13(15)20/h2-9H,1H3,(H2,15,20)(H,17,21). The normalized spacial score (nSPS) is 11.7. The molecule has 0 bridgehead atoms. The molecule has 0 aliphatic heterocycles. The zero-order valence-corrected chi connectivity index (χ0v) is 11.3. The van der Waals surface area contributed by atoms with E-state index in [9.17, 15) is 14.4 Å². The number of carbonyl (C=O) groups is 2. The predicted octanol–water partition coefficient (Wildman–Crippen LogP) is 0.542. The Kier molecular flexibility index (Phi) is 4.13. The van der Waals surface area contributed by atoms with E-state index in [1.165, 1.54) is 31.3 Å². The van der Waals surface area contributed by atoms with Crippen LogP contribution < -0.4 is 16.6 Å². The van der Waals surface area contributed by atoms with Crippen molar-refractivity contribution < 1.29 is 9.59 Å². The lowest BCUT2D eigenvalue weighted by atomic mass is 10.1. The van der Waals surface area contributed by atoms with Crippen molar-refractivity contribution in [2.45, 2.75) is 13.0 Å². The molecular formula is C14H14N4O3. The molecule has 21 heavy (non-hydrogen) atoms. The Morgan fingerprint density at radius 2 is 1.95 bits per heavy atom. The number of anilines is 1. The summed E-state index contributed by atoms with van der Waals surface area (Å²) >= 11 is 0. The zero-order chi connectivity index (χ0) is 15.4. The van der Waals surface area contributed by atoms with Crippen molar-refractivity contribution in [3.63, 3.8) is 0 Å². The Morgan fingerprint density at radius 1 is 1.24 bits per heavy atom. The van der Waals surface area contributed by atoms with Gasteiger partial charge in [0.15, 0.2) is 0 Å². The van der Waals surface area contributed by atoms with E-state index in [4.69, 9.17) is 5.73 Å². The second kappa shape index (κ2) is 6.00. The van der Waals surface area contributed by atoms with Crippen molar-refractivity contribution in [2.24, 2.45) is 5.73 Å². The smallest absolute Gasteiger partial charge is 0.267 e. The number of nitrogens with zero attached hydrogens (tertiary/aromatic N) is 2. The summed E-state index contributed by atoms with van der Waals surface area (Å²) in [5.41, 5.74) is 5.36. The van der Waals surface area contributed by atoms with Gasteiger partial charge in [-0.05, 0) is 25.1 Å². The lowest BCUT2D eigenvalue weighted by molar-refractivity contribution is -0.119. The fraction of sp³-hybridized carbons (Fsp3) is 0.143. The minimum Gasteiger partial charge on any atom is -0.366 e. The first-order valence-corrected chi connectivity index (χ1v) is 6.24. The summed E-state index contributed by atoms with van der Waals surface area (Å²) in [5.74, 6) is -1.11. The van der Waals surface area contributed by atoms with Gasteiger partial charge in [-0.1, -0.05) is 12.1 Å². The maximum Gasteiger partial charge on any atom is 0.267 e. The summed E-state index contributed by atoms with van der Waals surface area (Å²) in [6.45, 7) is 1.54. The molecule has 1 aromatic carbocycles. The lowest BCUT2D eigenvalue weighted by Crippen LogP contribution is -2.33. The first-order valence-electron chi connectivity index (χ1n) is 6.24. The minimum absolute atomic E-state index is 0.200. The molecule has 1 unspecified atom stereocenters. The lowest BCUT2D eigenvalue weighted by Gasteiger charge is -2.14. The van der Waals surface area contributed by atoms with Gasteiger partial charge in [-0.15, -0.1) is 0 Å². The molecule has 2 rings (SSSR count). The number of primary amides is 1. The Labute approximate surface area is 120 Å². The fourth-order valence-electron chi connectivity index (χ4n) is 1.82. The molecule has 7 nitrogen and oxygen atoms in total. The number of para-hydroxylation sites is 1. The second-order valence-electron chi connectivity index (χ2n) is 4.38. The van der Waals surface area contributed by atoms with E-state index in [0.29, 0.717) is 5.69 Å². The van der Waals surface area contributed by atoms with Crippen LogP contribution >= 0.6 is 0 Å². The molecule has 0 spiro atoms. The third-order valence-corrected chi connectivity index (χ3v) is 2.94. The highest BCUT2D eigenvalue weighted by molar-refractivity contribution is 6.03. The SMILES string of the molecule is CC(C(=O)Nc1ccccc1C(N)=O)n1ncccc1=O. The van der Waals surface area contributed by atoms with Gasteiger partial charge < -0.3 is 11.1 Å². The van der Waals surface area contributed by atoms with Crippen molar-refractivity contribution in [3.05, 3.63) is 58.5 Å². The number of benzene rings is 1. The van der Waals surface area contributed by atoms with Crippen LogP contribution in [-0.4, -0.2) is 21.6 Å². The van der Waals surface area contributed by atoms with Gasteiger partial charge in [0.25, 0.3) is 11.5 Å². The Morgan fingerprint density at radius 3 is 2.62 bits per heavy atom. The third kappa shape index (κ3) is 3.14. The third-order valence-electron chi connectivity index (χ3n) is 2.94. The van der Waals surface area contributed by atoms with Crippen LogP contribution in [-0.2, 0) is 4.79 Å². The van der Waals surface area contributed by atoms with E-state index < -0.39 is 17.9 Å². The van der Waals surface area contributed by atoms with E-state index >= 15 is 0 Å². The summed E-state index contributed by atoms with van der Waals surface area (Å²) in [7, 11) is 0. The van der Waals surface area contributed by atoms with Gasteiger partial charge in [0.2, 0.25) is 5.91 Å². The molecule has 0 fully saturated rings. The highest BCUT2D eigenvalue weighted by atomic mass is 16.2. The van der Waals surface area contributed by atoms with Crippen LogP contribution in [0, 0.1) is 0 Å². The highest BCUT2D eigenvalue weighted by Gasteiger charge is 2.18. The summed E-state index contributed by atoms with van der Waals surface area (Å²) < 4.78 is 1.06. The van der Waals surface area contributed by atoms with Crippen molar-refractivity contribution in [2.75, 3.05) is 5.32 Å². The molecule has 108 valence electrons. The fourth-order valence-corrected chi connectivity index (χ4v) is 1.82. The molecule has 1 aromatic heterocycles. The van der Waals surface area contributed by atoms with Crippen molar-refractivity contribution in [1.82, 2.24) is 9.78 Å². The number of carbonyl (C=O) groups excluding carboxylic acids is 2. The average Bonchev–Trinajstić information content (AvgIpc) is 2.47. The van der Waals surface area contributed by atoms with Crippen LogP contribution in [0.15, 0.2) is 47.4 Å². The molecule has 2 amide bonds. The molecule has 0 saturated carbocycles. The van der Waals surface area contributed by atoms with Crippen molar-refractivity contribution >= 4 is 17.5 Å². The van der Waals surface area contributed by atoms with E-state index in [2.05, 4.69) is 10.4 Å². The summed E-state index contributed by atoms with van der Waals surface area (Å²) in [6.07, 6.45) is 1.42. The van der Waals surface area contributed by atoms with Crippen LogP contribution in [0.1, 0.15) is 23.3 Å². The molecule has 0 aliphatic rings. The molecule has 0 aliphatic carbocycles. The largest absolute Gasteiger partial charge is 0.366 e. The first-order chi connectivity index (χ1) is 10.0. The molecule has 3 N–H and O–H groups in total. The van der Waals surface area contributed by atoms with Gasteiger partial charge in [0, 0.05) is 12.3 Å². The van der Waals surface area contributed by atoms with Gasteiger partial charge in [0.1, 0.15) is 6.04 Å². The van der Waals surface area contributed by atoms with Crippen LogP contribution in [0.4, 0.5) is 5.69 Å². The summed E-state index contributed by atoms with van der Waals surface area (Å²) in [4.78, 5) is 35.1. The monoisotopic (exact) mass is 286 g/mol. The number of nitrogens with one attached hydrogen (secondary N) is 1. The van der Waals surface area contributed by atoms with Gasteiger partial charge in [0.05, 0.1) is 11.3 Å². The number of hydrogen-bond donors (Lipinski definition) is 2. The van der Waals surface area contributed by atoms with E-state index in [0.717, 1.165) is 4.68 Å².